The van der Waals surface area contributed by atoms with E-state index in [1.165, 1.54) is 31.2 Å². The summed E-state index contributed by atoms with van der Waals surface area (Å²) in [7, 11) is 0. The number of fused-ring (bicyclic) bond motifs is 3. The summed E-state index contributed by atoms with van der Waals surface area (Å²) in [5.41, 5.74) is 10.2. The zero-order valence-corrected chi connectivity index (χ0v) is 15.6. The smallest absolute Gasteiger partial charge is 0.312 e. The molecule has 1 fully saturated rings. The van der Waals surface area contributed by atoms with Crippen LogP contribution in [0.2, 0.25) is 0 Å². The number of rotatable bonds is 3. The normalized spacial score (nSPS) is 32.1. The lowest BCUT2D eigenvalue weighted by Gasteiger charge is -2.55. The van der Waals surface area contributed by atoms with Gasteiger partial charge in [0.15, 0.2) is 0 Å². The maximum absolute atomic E-state index is 11.2. The number of hydrogen-bond donors (Lipinski definition) is 2. The van der Waals surface area contributed by atoms with Crippen LogP contribution < -0.4 is 11.1 Å². The third-order valence-corrected chi connectivity index (χ3v) is 6.83. The summed E-state index contributed by atoms with van der Waals surface area (Å²) in [4.78, 5) is 11.2. The lowest BCUT2D eigenvalue weighted by Crippen LogP contribution is -2.53. The highest BCUT2D eigenvalue weighted by molar-refractivity contribution is 5.71. The van der Waals surface area contributed by atoms with Crippen molar-refractivity contribution < 1.29 is 4.79 Å². The zero-order valence-electron chi connectivity index (χ0n) is 15.6. The third-order valence-electron chi connectivity index (χ3n) is 6.83. The molecule has 0 spiro atoms. The standard InChI is InChI=1S/C21H32N2O/c1-14(2)15-6-8-17-16(12-15)7-9-18-20(3,13-23-19(22)24)10-5-11-21(17,18)4/h6,8,12,14,18H,5,7,9-11,13H2,1-4H3,(H3,22,23,24). The minimum Gasteiger partial charge on any atom is -0.352 e. The first-order valence-electron chi connectivity index (χ1n) is 9.43. The molecule has 3 rings (SSSR count). The largest absolute Gasteiger partial charge is 0.352 e. The van der Waals surface area contributed by atoms with Crippen molar-refractivity contribution in [3.63, 3.8) is 0 Å². The Kier molecular flexibility index (Phi) is 4.39. The molecule has 0 aromatic heterocycles. The Hall–Kier alpha value is -1.51. The highest BCUT2D eigenvalue weighted by atomic mass is 16.2. The van der Waals surface area contributed by atoms with Gasteiger partial charge in [-0.1, -0.05) is 52.3 Å². The van der Waals surface area contributed by atoms with E-state index in [1.807, 2.05) is 0 Å². The van der Waals surface area contributed by atoms with Gasteiger partial charge >= 0.3 is 6.03 Å². The Labute approximate surface area is 146 Å². The van der Waals surface area contributed by atoms with Crippen molar-refractivity contribution in [2.24, 2.45) is 17.1 Å². The molecule has 2 aliphatic rings. The SMILES string of the molecule is CC(C)c1ccc2c(c1)CCC1C(C)(CNC(N)=O)CCCC21C. The number of nitrogens with one attached hydrogen (secondary N) is 1. The number of urea groups is 1. The van der Waals surface area contributed by atoms with Gasteiger partial charge in [-0.2, -0.15) is 0 Å². The Balaban J connectivity index is 1.95. The molecule has 1 saturated carbocycles. The molecule has 2 amide bonds. The van der Waals surface area contributed by atoms with Crippen molar-refractivity contribution in [2.45, 2.75) is 71.1 Å². The maximum Gasteiger partial charge on any atom is 0.312 e. The topological polar surface area (TPSA) is 55.1 Å². The average Bonchev–Trinajstić information content (AvgIpc) is 2.52. The van der Waals surface area contributed by atoms with Crippen molar-refractivity contribution in [2.75, 3.05) is 6.54 Å². The molecule has 3 heteroatoms. The van der Waals surface area contributed by atoms with Gasteiger partial charge in [0.2, 0.25) is 0 Å². The molecule has 24 heavy (non-hydrogen) atoms. The van der Waals surface area contributed by atoms with Crippen LogP contribution in [-0.2, 0) is 11.8 Å². The summed E-state index contributed by atoms with van der Waals surface area (Å²) in [6.45, 7) is 10.0. The fourth-order valence-electron chi connectivity index (χ4n) is 5.50. The Morgan fingerprint density at radius 3 is 2.75 bits per heavy atom. The van der Waals surface area contributed by atoms with Crippen molar-refractivity contribution in [3.05, 3.63) is 34.9 Å². The molecule has 0 heterocycles. The maximum atomic E-state index is 11.2. The van der Waals surface area contributed by atoms with Gasteiger partial charge in [0.05, 0.1) is 0 Å². The summed E-state index contributed by atoms with van der Waals surface area (Å²) >= 11 is 0. The molecule has 3 atom stereocenters. The summed E-state index contributed by atoms with van der Waals surface area (Å²) in [5.74, 6) is 1.18. The molecular formula is C21H32N2O. The predicted octanol–water partition coefficient (Wildman–Crippen LogP) is 4.49. The lowest BCUT2D eigenvalue weighted by molar-refractivity contribution is 0.0280. The molecular weight excluding hydrogens is 296 g/mol. The first-order valence-corrected chi connectivity index (χ1v) is 9.43. The van der Waals surface area contributed by atoms with Gasteiger partial charge in [-0.15, -0.1) is 0 Å². The third kappa shape index (κ3) is 2.82. The van der Waals surface area contributed by atoms with Crippen molar-refractivity contribution >= 4 is 6.03 Å². The molecule has 1 aromatic carbocycles. The van der Waals surface area contributed by atoms with Crippen molar-refractivity contribution in [1.82, 2.24) is 5.32 Å². The van der Waals surface area contributed by atoms with Crippen LogP contribution in [0.5, 0.6) is 0 Å². The number of hydrogen-bond acceptors (Lipinski definition) is 1. The minimum atomic E-state index is -0.402. The first kappa shape index (κ1) is 17.3. The van der Waals surface area contributed by atoms with Gasteiger partial charge in [0, 0.05) is 6.54 Å². The van der Waals surface area contributed by atoms with Gasteiger partial charge in [0.1, 0.15) is 0 Å². The number of carbonyl (C=O) groups is 1. The second kappa shape index (κ2) is 6.09. The van der Waals surface area contributed by atoms with Gasteiger partial charge in [0.25, 0.3) is 0 Å². The summed E-state index contributed by atoms with van der Waals surface area (Å²) in [6, 6.07) is 6.76. The highest BCUT2D eigenvalue weighted by Crippen LogP contribution is 2.57. The van der Waals surface area contributed by atoms with Crippen LogP contribution in [-0.4, -0.2) is 12.6 Å². The molecule has 3 nitrogen and oxygen atoms in total. The van der Waals surface area contributed by atoms with Gasteiger partial charge < -0.3 is 11.1 Å². The number of nitrogens with two attached hydrogens (primary N) is 1. The zero-order chi connectivity index (χ0) is 17.5. The fraction of sp³-hybridized carbons (Fsp3) is 0.667. The van der Waals surface area contributed by atoms with E-state index in [4.69, 9.17) is 5.73 Å². The molecule has 1 aromatic rings. The Bertz CT molecular complexity index is 639. The second-order valence-corrected chi connectivity index (χ2v) is 8.81. The Morgan fingerprint density at radius 1 is 1.33 bits per heavy atom. The van der Waals surface area contributed by atoms with E-state index in [0.717, 1.165) is 6.42 Å². The molecule has 2 aliphatic carbocycles. The van der Waals surface area contributed by atoms with E-state index in [2.05, 4.69) is 51.2 Å². The Morgan fingerprint density at radius 2 is 2.08 bits per heavy atom. The second-order valence-electron chi connectivity index (χ2n) is 8.81. The minimum absolute atomic E-state index is 0.135. The number of aryl methyl sites for hydroxylation is 1. The van der Waals surface area contributed by atoms with Crippen LogP contribution in [0.15, 0.2) is 18.2 Å². The lowest BCUT2D eigenvalue weighted by atomic mass is 9.49. The van der Waals surface area contributed by atoms with Gasteiger partial charge in [-0.05, 0) is 65.0 Å². The summed E-state index contributed by atoms with van der Waals surface area (Å²) in [6.07, 6.45) is 6.00. The van der Waals surface area contributed by atoms with E-state index in [1.54, 1.807) is 11.1 Å². The van der Waals surface area contributed by atoms with E-state index in [-0.39, 0.29) is 10.8 Å². The number of amides is 2. The van der Waals surface area contributed by atoms with Crippen molar-refractivity contribution in [3.8, 4) is 0 Å². The molecule has 0 saturated heterocycles. The molecule has 0 radical (unpaired) electrons. The van der Waals surface area contributed by atoms with E-state index < -0.39 is 6.03 Å². The van der Waals surface area contributed by atoms with Gasteiger partial charge in [-0.25, -0.2) is 4.79 Å². The predicted molar refractivity (Wildman–Crippen MR) is 99.2 cm³/mol. The number of primary amides is 1. The summed E-state index contributed by atoms with van der Waals surface area (Å²) < 4.78 is 0. The van der Waals surface area contributed by atoms with Crippen molar-refractivity contribution in [1.29, 1.82) is 0 Å². The molecule has 132 valence electrons. The number of carbonyl (C=O) groups excluding carboxylic acids is 1. The molecule has 0 bridgehead atoms. The van der Waals surface area contributed by atoms with Crippen LogP contribution in [0.1, 0.15) is 76.0 Å². The van der Waals surface area contributed by atoms with E-state index in [9.17, 15) is 4.79 Å². The molecule has 3 N–H and O–H groups in total. The fourth-order valence-corrected chi connectivity index (χ4v) is 5.50. The number of benzene rings is 1. The van der Waals surface area contributed by atoms with Crippen LogP contribution in [0.3, 0.4) is 0 Å². The van der Waals surface area contributed by atoms with Gasteiger partial charge in [-0.3, -0.25) is 0 Å². The van der Waals surface area contributed by atoms with Crippen LogP contribution in [0, 0.1) is 11.3 Å². The monoisotopic (exact) mass is 328 g/mol. The average molecular weight is 329 g/mol. The van der Waals surface area contributed by atoms with E-state index in [0.29, 0.717) is 18.4 Å². The molecule has 0 aliphatic heterocycles. The van der Waals surface area contributed by atoms with Crippen LogP contribution >= 0.6 is 0 Å². The highest BCUT2D eigenvalue weighted by Gasteiger charge is 2.51. The summed E-state index contributed by atoms with van der Waals surface area (Å²) in [5, 5.41) is 2.89. The van der Waals surface area contributed by atoms with Crippen LogP contribution in [0.25, 0.3) is 0 Å². The van der Waals surface area contributed by atoms with Crippen LogP contribution in [0.4, 0.5) is 4.79 Å². The van der Waals surface area contributed by atoms with E-state index >= 15 is 0 Å². The molecule has 3 unspecified atom stereocenters. The first-order chi connectivity index (χ1) is 11.3. The quantitative estimate of drug-likeness (QED) is 0.844.